The maximum absolute atomic E-state index is 12.1. The summed E-state index contributed by atoms with van der Waals surface area (Å²) in [5.74, 6) is -0.285. The van der Waals surface area contributed by atoms with Crippen LogP contribution in [0.2, 0.25) is 0 Å². The normalized spacial score (nSPS) is 16.6. The van der Waals surface area contributed by atoms with Crippen molar-refractivity contribution in [1.29, 1.82) is 0 Å². The number of nitrogens with one attached hydrogen (secondary N) is 1. The van der Waals surface area contributed by atoms with Gasteiger partial charge in [-0.1, -0.05) is 12.1 Å². The Labute approximate surface area is 135 Å². The molecule has 0 unspecified atom stereocenters. The van der Waals surface area contributed by atoms with E-state index in [-0.39, 0.29) is 18.9 Å². The van der Waals surface area contributed by atoms with Crippen LogP contribution in [0.4, 0.5) is 0 Å². The van der Waals surface area contributed by atoms with Crippen LogP contribution in [-0.4, -0.2) is 43.3 Å². The largest absolute Gasteiger partial charge is 0.494 e. The van der Waals surface area contributed by atoms with Crippen molar-refractivity contribution in [1.82, 2.24) is 5.32 Å². The van der Waals surface area contributed by atoms with Crippen molar-refractivity contribution in [3.05, 3.63) is 29.8 Å². The fourth-order valence-electron chi connectivity index (χ4n) is 2.61. The number of ether oxygens (including phenoxy) is 2. The van der Waals surface area contributed by atoms with Crippen molar-refractivity contribution in [3.8, 4) is 5.75 Å². The number of benzene rings is 1. The summed E-state index contributed by atoms with van der Waals surface area (Å²) in [6, 6.07) is 7.32. The van der Waals surface area contributed by atoms with E-state index in [0.29, 0.717) is 32.7 Å². The van der Waals surface area contributed by atoms with E-state index in [0.717, 1.165) is 11.3 Å². The van der Waals surface area contributed by atoms with Crippen LogP contribution >= 0.6 is 0 Å². The zero-order valence-corrected chi connectivity index (χ0v) is 13.3. The lowest BCUT2D eigenvalue weighted by atomic mass is 9.80. The summed E-state index contributed by atoms with van der Waals surface area (Å²) in [6.07, 6.45) is 1.07. The molecule has 0 aliphatic carbocycles. The summed E-state index contributed by atoms with van der Waals surface area (Å²) in [5.41, 5.74) is -0.0467. The van der Waals surface area contributed by atoms with Gasteiger partial charge in [-0.15, -0.1) is 0 Å². The smallest absolute Gasteiger partial charge is 0.311 e. The summed E-state index contributed by atoms with van der Waals surface area (Å²) in [7, 11) is 0. The van der Waals surface area contributed by atoms with Gasteiger partial charge in [-0.2, -0.15) is 0 Å². The van der Waals surface area contributed by atoms with E-state index in [2.05, 4.69) is 5.32 Å². The molecule has 0 saturated carbocycles. The van der Waals surface area contributed by atoms with Crippen LogP contribution in [0, 0.1) is 5.41 Å². The quantitative estimate of drug-likeness (QED) is 0.797. The second kappa shape index (κ2) is 7.97. The SMILES string of the molecule is CCOc1ccc(CC(=O)NCC2(C(=O)O)CCOCC2)cc1. The minimum atomic E-state index is -0.910. The molecular formula is C17H23NO5. The molecule has 126 valence electrons. The molecule has 6 nitrogen and oxygen atoms in total. The number of aliphatic carboxylic acids is 1. The Kier molecular flexibility index (Phi) is 5.98. The third-order valence-electron chi connectivity index (χ3n) is 4.13. The molecule has 2 rings (SSSR count). The maximum atomic E-state index is 12.1. The van der Waals surface area contributed by atoms with Gasteiger partial charge >= 0.3 is 5.97 Å². The summed E-state index contributed by atoms with van der Waals surface area (Å²) < 4.78 is 10.6. The Morgan fingerprint density at radius 3 is 2.48 bits per heavy atom. The van der Waals surface area contributed by atoms with Crippen molar-refractivity contribution in [2.75, 3.05) is 26.4 Å². The molecule has 1 aromatic rings. The number of carbonyl (C=O) groups is 2. The van der Waals surface area contributed by atoms with Crippen LogP contribution in [0.1, 0.15) is 25.3 Å². The van der Waals surface area contributed by atoms with Gasteiger partial charge < -0.3 is 19.9 Å². The molecule has 1 amide bonds. The predicted octanol–water partition coefficient (Wildman–Crippen LogP) is 1.63. The van der Waals surface area contributed by atoms with Crippen molar-refractivity contribution in [3.63, 3.8) is 0 Å². The molecule has 23 heavy (non-hydrogen) atoms. The summed E-state index contributed by atoms with van der Waals surface area (Å²) in [4.78, 5) is 23.6. The van der Waals surface area contributed by atoms with Crippen LogP contribution in [0.25, 0.3) is 0 Å². The third kappa shape index (κ3) is 4.69. The van der Waals surface area contributed by atoms with E-state index >= 15 is 0 Å². The van der Waals surface area contributed by atoms with Gasteiger partial charge in [0, 0.05) is 19.8 Å². The van der Waals surface area contributed by atoms with Crippen LogP contribution in [-0.2, 0) is 20.7 Å². The lowest BCUT2D eigenvalue weighted by molar-refractivity contribution is -0.154. The molecule has 0 spiro atoms. The Morgan fingerprint density at radius 2 is 1.91 bits per heavy atom. The first-order valence-corrected chi connectivity index (χ1v) is 7.85. The van der Waals surface area contributed by atoms with Gasteiger partial charge in [-0.25, -0.2) is 0 Å². The molecule has 0 radical (unpaired) electrons. The molecule has 2 N–H and O–H groups in total. The molecule has 1 aliphatic rings. The predicted molar refractivity (Wildman–Crippen MR) is 84.4 cm³/mol. The first-order chi connectivity index (χ1) is 11.1. The number of carboxylic acids is 1. The highest BCUT2D eigenvalue weighted by Gasteiger charge is 2.40. The average molecular weight is 321 g/mol. The fourth-order valence-corrected chi connectivity index (χ4v) is 2.61. The van der Waals surface area contributed by atoms with Crippen LogP contribution in [0.5, 0.6) is 5.75 Å². The second-order valence-corrected chi connectivity index (χ2v) is 5.73. The zero-order valence-electron chi connectivity index (χ0n) is 13.3. The van der Waals surface area contributed by atoms with Crippen LogP contribution in [0.3, 0.4) is 0 Å². The number of hydrogen-bond acceptors (Lipinski definition) is 4. The van der Waals surface area contributed by atoms with E-state index in [1.807, 2.05) is 31.2 Å². The lowest BCUT2D eigenvalue weighted by Gasteiger charge is -2.33. The van der Waals surface area contributed by atoms with Gasteiger partial charge in [0.1, 0.15) is 5.75 Å². The molecule has 1 heterocycles. The third-order valence-corrected chi connectivity index (χ3v) is 4.13. The van der Waals surface area contributed by atoms with Gasteiger partial charge in [-0.05, 0) is 37.5 Å². The van der Waals surface area contributed by atoms with E-state index < -0.39 is 11.4 Å². The summed E-state index contributed by atoms with van der Waals surface area (Å²) in [5, 5.41) is 12.2. The molecule has 0 aromatic heterocycles. The highest BCUT2D eigenvalue weighted by molar-refractivity contribution is 5.80. The standard InChI is InChI=1S/C17H23NO5/c1-2-23-14-5-3-13(4-6-14)11-15(19)18-12-17(16(20)21)7-9-22-10-8-17/h3-6H,2,7-12H2,1H3,(H,18,19)(H,20,21). The number of carbonyl (C=O) groups excluding carboxylic acids is 1. The Bertz CT molecular complexity index is 534. The number of amides is 1. The minimum absolute atomic E-state index is 0.140. The second-order valence-electron chi connectivity index (χ2n) is 5.73. The first kappa shape index (κ1) is 17.3. The van der Waals surface area contributed by atoms with E-state index in [4.69, 9.17) is 9.47 Å². The molecule has 1 saturated heterocycles. The van der Waals surface area contributed by atoms with Gasteiger partial charge in [0.15, 0.2) is 0 Å². The van der Waals surface area contributed by atoms with Crippen molar-refractivity contribution < 1.29 is 24.2 Å². The summed E-state index contributed by atoms with van der Waals surface area (Å²) in [6.45, 7) is 3.49. The molecule has 0 atom stereocenters. The van der Waals surface area contributed by atoms with Gasteiger partial charge in [0.05, 0.1) is 18.4 Å². The zero-order chi connectivity index (χ0) is 16.7. The van der Waals surface area contributed by atoms with Crippen LogP contribution in [0.15, 0.2) is 24.3 Å². The molecule has 1 fully saturated rings. The van der Waals surface area contributed by atoms with E-state index in [1.165, 1.54) is 0 Å². The molecule has 6 heteroatoms. The molecular weight excluding hydrogens is 298 g/mol. The van der Waals surface area contributed by atoms with Gasteiger partial charge in [0.25, 0.3) is 0 Å². The maximum Gasteiger partial charge on any atom is 0.311 e. The topological polar surface area (TPSA) is 84.9 Å². The Hall–Kier alpha value is -2.08. The Morgan fingerprint density at radius 1 is 1.26 bits per heavy atom. The van der Waals surface area contributed by atoms with Crippen LogP contribution < -0.4 is 10.1 Å². The minimum Gasteiger partial charge on any atom is -0.494 e. The highest BCUT2D eigenvalue weighted by atomic mass is 16.5. The van der Waals surface area contributed by atoms with Crippen molar-refractivity contribution in [2.24, 2.45) is 5.41 Å². The highest BCUT2D eigenvalue weighted by Crippen LogP contribution is 2.30. The average Bonchev–Trinajstić information content (AvgIpc) is 2.56. The van der Waals surface area contributed by atoms with Crippen molar-refractivity contribution >= 4 is 11.9 Å². The van der Waals surface area contributed by atoms with E-state index in [1.54, 1.807) is 0 Å². The molecule has 1 aliphatic heterocycles. The monoisotopic (exact) mass is 321 g/mol. The fraction of sp³-hybridized carbons (Fsp3) is 0.529. The number of hydrogen-bond donors (Lipinski definition) is 2. The molecule has 1 aromatic carbocycles. The Balaban J connectivity index is 1.87. The van der Waals surface area contributed by atoms with E-state index in [9.17, 15) is 14.7 Å². The summed E-state index contributed by atoms with van der Waals surface area (Å²) >= 11 is 0. The lowest BCUT2D eigenvalue weighted by Crippen LogP contribution is -2.46. The number of carboxylic acid groups (broad SMARTS) is 1. The molecule has 0 bridgehead atoms. The van der Waals surface area contributed by atoms with Crippen molar-refractivity contribution in [2.45, 2.75) is 26.2 Å². The first-order valence-electron chi connectivity index (χ1n) is 7.85. The van der Waals surface area contributed by atoms with Gasteiger partial charge in [0.2, 0.25) is 5.91 Å². The number of rotatable bonds is 7. The van der Waals surface area contributed by atoms with Gasteiger partial charge in [-0.3, -0.25) is 9.59 Å².